The van der Waals surface area contributed by atoms with Crippen molar-refractivity contribution < 1.29 is 0 Å². The number of likely N-dealkylation sites (tertiary alicyclic amines) is 2. The Morgan fingerprint density at radius 3 is 1.74 bits per heavy atom. The average molecular weight is 753 g/mol. The van der Waals surface area contributed by atoms with E-state index in [-0.39, 0.29) is 0 Å². The van der Waals surface area contributed by atoms with E-state index in [4.69, 9.17) is 5.73 Å². The molecule has 2 atom stereocenters. The van der Waals surface area contributed by atoms with Crippen molar-refractivity contribution in [1.29, 1.82) is 0 Å². The van der Waals surface area contributed by atoms with E-state index in [0.717, 1.165) is 30.3 Å². The van der Waals surface area contributed by atoms with Crippen LogP contribution in [0.2, 0.25) is 0 Å². The third-order valence-electron chi connectivity index (χ3n) is 13.2. The van der Waals surface area contributed by atoms with Gasteiger partial charge in [0.15, 0.2) is 0 Å². The van der Waals surface area contributed by atoms with E-state index < -0.39 is 0 Å². The summed E-state index contributed by atoms with van der Waals surface area (Å²) < 4.78 is 0. The highest BCUT2D eigenvalue weighted by Crippen LogP contribution is 2.34. The molecule has 3 aliphatic rings. The first kappa shape index (κ1) is 50.8. The van der Waals surface area contributed by atoms with Crippen LogP contribution in [0, 0.1) is 23.7 Å². The third kappa shape index (κ3) is 23.8. The van der Waals surface area contributed by atoms with Crippen molar-refractivity contribution in [3.8, 4) is 0 Å². The van der Waals surface area contributed by atoms with E-state index in [2.05, 4.69) is 68.2 Å². The molecule has 2 heterocycles. The first-order valence-corrected chi connectivity index (χ1v) is 23.8. The Bertz CT molecular complexity index is 906. The number of piperidine rings is 2. The van der Waals surface area contributed by atoms with Gasteiger partial charge in [-0.25, -0.2) is 0 Å². The molecule has 3 rings (SSSR count). The minimum absolute atomic E-state index is 0.596. The number of hydrogen-bond acceptors (Lipinski definition) is 4. The molecule has 0 aromatic carbocycles. The monoisotopic (exact) mass is 753 g/mol. The molecule has 4 nitrogen and oxygen atoms in total. The number of rotatable bonds is 29. The summed E-state index contributed by atoms with van der Waals surface area (Å²) >= 11 is 0. The van der Waals surface area contributed by atoms with Gasteiger partial charge in [0.05, 0.1) is 0 Å². The smallest absolute Gasteiger partial charge is 0.0120 e. The summed E-state index contributed by atoms with van der Waals surface area (Å²) in [6.45, 7) is 27.0. The zero-order chi connectivity index (χ0) is 39.7. The highest BCUT2D eigenvalue weighted by atomic mass is 15.2. The van der Waals surface area contributed by atoms with Crippen LogP contribution in [0.3, 0.4) is 0 Å². The molecular formula is C50H96N4. The Hall–Kier alpha value is -1.20. The van der Waals surface area contributed by atoms with Crippen LogP contribution in [0.4, 0.5) is 0 Å². The van der Waals surface area contributed by atoms with Gasteiger partial charge in [0, 0.05) is 6.04 Å². The maximum absolute atomic E-state index is 5.52. The molecule has 0 amide bonds. The Labute approximate surface area is 339 Å². The lowest BCUT2D eigenvalue weighted by molar-refractivity contribution is 0.0840. The van der Waals surface area contributed by atoms with Gasteiger partial charge >= 0.3 is 0 Å². The van der Waals surface area contributed by atoms with Gasteiger partial charge in [0.25, 0.3) is 0 Å². The molecule has 0 bridgehead atoms. The quantitative estimate of drug-likeness (QED) is 0.0590. The van der Waals surface area contributed by atoms with E-state index in [1.54, 1.807) is 5.57 Å². The predicted molar refractivity (Wildman–Crippen MR) is 244 cm³/mol. The fourth-order valence-electron chi connectivity index (χ4n) is 9.04. The summed E-state index contributed by atoms with van der Waals surface area (Å²) in [6.07, 6.45) is 43.5. The molecule has 4 N–H and O–H groups in total. The zero-order valence-corrected chi connectivity index (χ0v) is 37.1. The normalized spacial score (nSPS) is 18.6. The topological polar surface area (TPSA) is 58.5 Å². The van der Waals surface area contributed by atoms with Crippen molar-refractivity contribution in [1.82, 2.24) is 9.80 Å². The van der Waals surface area contributed by atoms with Crippen molar-refractivity contribution >= 4 is 0 Å². The van der Waals surface area contributed by atoms with Crippen LogP contribution in [0.5, 0.6) is 0 Å². The summed E-state index contributed by atoms with van der Waals surface area (Å²) in [7, 11) is 1.50. The molecule has 1 saturated carbocycles. The lowest BCUT2D eigenvalue weighted by Crippen LogP contribution is -2.47. The van der Waals surface area contributed by atoms with Gasteiger partial charge in [0.1, 0.15) is 0 Å². The number of nitrogens with two attached hydrogens (primary N) is 2. The molecule has 0 aromatic heterocycles. The molecule has 54 heavy (non-hydrogen) atoms. The maximum Gasteiger partial charge on any atom is 0.0120 e. The fraction of sp³-hybridized carbons (Fsp3) is 0.840. The molecule has 2 saturated heterocycles. The summed E-state index contributed by atoms with van der Waals surface area (Å²) in [6, 6.07) is 0.839. The maximum atomic E-state index is 5.52. The second-order valence-corrected chi connectivity index (χ2v) is 17.3. The summed E-state index contributed by atoms with van der Waals surface area (Å²) in [5.74, 6) is 3.09. The molecule has 316 valence electrons. The first-order chi connectivity index (χ1) is 26.4. The Balaban J connectivity index is 0.00000114. The SMILES string of the molecule is C=C(CCCCCCCCCC/C=C\CCCCC)CCC(CCC)CCC(=C)C1CCN(C2CCN(CC)CC2)CC1.C=CC(CN)C1CCC1.CN. The standard InChI is InChI=1S/C41H76N2.C8H15N.CH5N/c1-6-9-10-11-12-13-14-15-16-17-18-19-20-21-22-24-37(4)25-27-39(23-7-2)28-26-38(5)40-29-35-43(36-30-40)41-31-33-42(8-3)34-32-41;1-2-7(6-9)8-4-3-5-8;1-2/h12-13,39-41H,4-11,14-36H2,1-3H3;2,7-8H,1,3-6,9H2;2H2,1H3/b13-12-;;. The van der Waals surface area contributed by atoms with Gasteiger partial charge in [0.2, 0.25) is 0 Å². The van der Waals surface area contributed by atoms with E-state index in [0.29, 0.717) is 5.92 Å². The van der Waals surface area contributed by atoms with Gasteiger partial charge < -0.3 is 21.3 Å². The van der Waals surface area contributed by atoms with Crippen molar-refractivity contribution in [3.63, 3.8) is 0 Å². The van der Waals surface area contributed by atoms with E-state index in [9.17, 15) is 0 Å². The lowest BCUT2D eigenvalue weighted by Gasteiger charge is -2.42. The van der Waals surface area contributed by atoms with E-state index in [1.165, 1.54) is 219 Å². The molecule has 0 spiro atoms. The van der Waals surface area contributed by atoms with Crippen LogP contribution >= 0.6 is 0 Å². The number of unbranched alkanes of at least 4 members (excludes halogenated alkanes) is 11. The minimum Gasteiger partial charge on any atom is -0.333 e. The number of hydrogen-bond donors (Lipinski definition) is 2. The van der Waals surface area contributed by atoms with Crippen LogP contribution in [0.1, 0.15) is 194 Å². The molecule has 0 radical (unpaired) electrons. The van der Waals surface area contributed by atoms with Crippen molar-refractivity contribution in [3.05, 3.63) is 49.1 Å². The van der Waals surface area contributed by atoms with E-state index in [1.807, 2.05) is 6.08 Å². The molecule has 3 fully saturated rings. The second kappa shape index (κ2) is 35.0. The van der Waals surface area contributed by atoms with Gasteiger partial charge in [-0.3, -0.25) is 0 Å². The largest absolute Gasteiger partial charge is 0.333 e. The zero-order valence-electron chi connectivity index (χ0n) is 37.1. The summed E-state index contributed by atoms with van der Waals surface area (Å²) in [4.78, 5) is 5.44. The fourth-order valence-corrected chi connectivity index (χ4v) is 9.04. The van der Waals surface area contributed by atoms with Crippen LogP contribution in [-0.4, -0.2) is 62.2 Å². The number of allylic oxidation sites excluding steroid dienone is 4. The summed E-state index contributed by atoms with van der Waals surface area (Å²) in [5, 5.41) is 0. The van der Waals surface area contributed by atoms with E-state index >= 15 is 0 Å². The van der Waals surface area contributed by atoms with Crippen LogP contribution in [0.25, 0.3) is 0 Å². The van der Waals surface area contributed by atoms with Gasteiger partial charge in [-0.1, -0.05) is 134 Å². The lowest BCUT2D eigenvalue weighted by atomic mass is 9.76. The third-order valence-corrected chi connectivity index (χ3v) is 13.2. The summed E-state index contributed by atoms with van der Waals surface area (Å²) in [5.41, 5.74) is 13.1. The van der Waals surface area contributed by atoms with Gasteiger partial charge in [-0.15, -0.1) is 6.58 Å². The van der Waals surface area contributed by atoms with Crippen molar-refractivity contribution in [2.24, 2.45) is 35.1 Å². The minimum atomic E-state index is 0.596. The molecule has 4 heteroatoms. The van der Waals surface area contributed by atoms with Gasteiger partial charge in [-0.05, 0) is 173 Å². The van der Waals surface area contributed by atoms with Crippen LogP contribution in [0.15, 0.2) is 49.1 Å². The van der Waals surface area contributed by atoms with Gasteiger partial charge in [-0.2, -0.15) is 0 Å². The highest BCUT2D eigenvalue weighted by molar-refractivity contribution is 5.04. The highest BCUT2D eigenvalue weighted by Gasteiger charge is 2.29. The van der Waals surface area contributed by atoms with Crippen LogP contribution < -0.4 is 11.5 Å². The average Bonchev–Trinajstić information content (AvgIpc) is 3.19. The number of nitrogens with zero attached hydrogens (tertiary/aromatic N) is 2. The molecule has 2 unspecified atom stereocenters. The molecule has 1 aliphatic carbocycles. The Morgan fingerprint density at radius 1 is 0.667 bits per heavy atom. The Morgan fingerprint density at radius 2 is 1.24 bits per heavy atom. The predicted octanol–water partition coefficient (Wildman–Crippen LogP) is 13.4. The first-order valence-electron chi connectivity index (χ1n) is 23.8. The van der Waals surface area contributed by atoms with Crippen LogP contribution in [-0.2, 0) is 0 Å². The molecule has 2 aliphatic heterocycles. The molecular weight excluding hydrogens is 657 g/mol. The second-order valence-electron chi connectivity index (χ2n) is 17.3. The Kier molecular flexibility index (Phi) is 32.9. The van der Waals surface area contributed by atoms with Crippen molar-refractivity contribution in [2.45, 2.75) is 200 Å². The molecule has 0 aromatic rings. The van der Waals surface area contributed by atoms with Crippen molar-refractivity contribution in [2.75, 3.05) is 46.3 Å².